The Bertz CT molecular complexity index is 643. The van der Waals surface area contributed by atoms with Crippen LogP contribution in [0.5, 0.6) is 0 Å². The van der Waals surface area contributed by atoms with Crippen LogP contribution in [-0.2, 0) is 0 Å². The molecule has 0 spiro atoms. The predicted molar refractivity (Wildman–Crippen MR) is 115 cm³/mol. The highest BCUT2D eigenvalue weighted by atomic mass is 127. The van der Waals surface area contributed by atoms with Crippen molar-refractivity contribution < 1.29 is 13.2 Å². The van der Waals surface area contributed by atoms with Crippen molar-refractivity contribution in [3.05, 3.63) is 33.8 Å². The number of rotatable bonds is 5. The Balaban J connectivity index is 0.00000364. The number of benzene rings is 1. The average molecular weight is 539 g/mol. The zero-order chi connectivity index (χ0) is 19.3. The summed E-state index contributed by atoms with van der Waals surface area (Å²) < 4.78 is 37.4. The van der Waals surface area contributed by atoms with Crippen molar-refractivity contribution in [2.75, 3.05) is 33.2 Å². The minimum absolute atomic E-state index is 0. The number of hydrogen-bond acceptors (Lipinski definition) is 2. The number of likely N-dealkylation sites (tertiary alicyclic amines) is 1. The molecule has 1 aliphatic rings. The summed E-state index contributed by atoms with van der Waals surface area (Å²) >= 11 is 12.1. The lowest BCUT2D eigenvalue weighted by atomic mass is 10.1. The molecule has 0 aromatic heterocycles. The molecule has 0 bridgehead atoms. The molecule has 2 N–H and O–H groups in total. The molecule has 10 heteroatoms. The third-order valence-corrected chi connectivity index (χ3v) is 4.90. The number of nitrogens with zero attached hydrogens (tertiary/aromatic N) is 2. The number of guanidine groups is 1. The first-order valence-corrected chi connectivity index (χ1v) is 9.14. The van der Waals surface area contributed by atoms with Crippen LogP contribution in [0.1, 0.15) is 24.9 Å². The van der Waals surface area contributed by atoms with Gasteiger partial charge < -0.3 is 10.6 Å². The minimum Gasteiger partial charge on any atom is -0.356 e. The minimum atomic E-state index is -4.15. The molecule has 27 heavy (non-hydrogen) atoms. The molecule has 4 nitrogen and oxygen atoms in total. The number of nitrogens with one attached hydrogen (secondary N) is 2. The molecule has 1 fully saturated rings. The van der Waals surface area contributed by atoms with Gasteiger partial charge >= 0.3 is 6.18 Å². The lowest BCUT2D eigenvalue weighted by Crippen LogP contribution is -2.41. The van der Waals surface area contributed by atoms with E-state index in [2.05, 4.69) is 15.6 Å². The van der Waals surface area contributed by atoms with Gasteiger partial charge in [-0.05, 0) is 43.5 Å². The smallest absolute Gasteiger partial charge is 0.356 e. The van der Waals surface area contributed by atoms with Gasteiger partial charge in [-0.1, -0.05) is 29.3 Å². The van der Waals surface area contributed by atoms with Crippen molar-refractivity contribution >= 4 is 53.1 Å². The molecule has 0 radical (unpaired) electrons. The van der Waals surface area contributed by atoms with E-state index < -0.39 is 12.7 Å². The van der Waals surface area contributed by atoms with E-state index in [1.165, 1.54) is 4.90 Å². The lowest BCUT2D eigenvalue weighted by Gasteiger charge is -2.21. The molecule has 1 aliphatic heterocycles. The highest BCUT2D eigenvalue weighted by Gasteiger charge is 2.34. The largest absolute Gasteiger partial charge is 0.401 e. The van der Waals surface area contributed by atoms with Gasteiger partial charge in [0.05, 0.1) is 12.6 Å². The van der Waals surface area contributed by atoms with Crippen LogP contribution < -0.4 is 10.6 Å². The third-order valence-electron chi connectivity index (χ3n) is 4.34. The number of aliphatic imine (C=N–C) groups is 1. The van der Waals surface area contributed by atoms with E-state index in [0.29, 0.717) is 35.6 Å². The van der Waals surface area contributed by atoms with Crippen LogP contribution in [0.15, 0.2) is 23.2 Å². The van der Waals surface area contributed by atoms with Gasteiger partial charge in [-0.2, -0.15) is 13.2 Å². The summed E-state index contributed by atoms with van der Waals surface area (Å²) in [6.07, 6.45) is -3.41. The van der Waals surface area contributed by atoms with Crippen molar-refractivity contribution in [2.24, 2.45) is 10.9 Å². The van der Waals surface area contributed by atoms with Crippen molar-refractivity contribution in [1.29, 1.82) is 0 Å². The van der Waals surface area contributed by atoms with Crippen molar-refractivity contribution in [3.8, 4) is 0 Å². The monoisotopic (exact) mass is 538 g/mol. The quantitative estimate of drug-likeness (QED) is 0.324. The van der Waals surface area contributed by atoms with E-state index in [1.54, 1.807) is 19.2 Å². The molecule has 1 saturated heterocycles. The van der Waals surface area contributed by atoms with Crippen LogP contribution >= 0.6 is 47.2 Å². The lowest BCUT2D eigenvalue weighted by molar-refractivity contribution is -0.143. The Labute approximate surface area is 184 Å². The normalized spacial score (nSPS) is 19.5. The first kappa shape index (κ1) is 24.6. The Hall–Kier alpha value is -0.450. The van der Waals surface area contributed by atoms with Gasteiger partial charge in [0.1, 0.15) is 0 Å². The Morgan fingerprint density at radius 3 is 2.67 bits per heavy atom. The number of halogens is 6. The fourth-order valence-corrected chi connectivity index (χ4v) is 3.62. The highest BCUT2D eigenvalue weighted by molar-refractivity contribution is 14.0. The maximum Gasteiger partial charge on any atom is 0.401 e. The Morgan fingerprint density at radius 1 is 1.37 bits per heavy atom. The third kappa shape index (κ3) is 8.21. The number of hydrogen-bond donors (Lipinski definition) is 2. The van der Waals surface area contributed by atoms with Crippen LogP contribution in [0, 0.1) is 5.92 Å². The van der Waals surface area contributed by atoms with Crippen LogP contribution in [0.25, 0.3) is 0 Å². The fraction of sp³-hybridized carbons (Fsp3) is 0.588. The second kappa shape index (κ2) is 10.9. The molecular formula is C17H24Cl2F3IN4. The first-order valence-electron chi connectivity index (χ1n) is 8.39. The van der Waals surface area contributed by atoms with Crippen LogP contribution in [0.2, 0.25) is 10.0 Å². The van der Waals surface area contributed by atoms with E-state index in [4.69, 9.17) is 23.2 Å². The molecule has 1 heterocycles. The Morgan fingerprint density at radius 2 is 2.07 bits per heavy atom. The SMILES string of the molecule is CN=C(NCC1CCN(CC(F)(F)F)C1)NC(C)c1ccc(Cl)cc1Cl.I. The average Bonchev–Trinajstić information content (AvgIpc) is 2.96. The summed E-state index contributed by atoms with van der Waals surface area (Å²) in [5.41, 5.74) is 0.885. The standard InChI is InChI=1S/C17H23Cl2F3N4.HI/c1-11(14-4-3-13(18)7-15(14)19)25-16(23-2)24-8-12-5-6-26(9-12)10-17(20,21)22;/h3-4,7,11-12H,5-6,8-10H2,1-2H3,(H2,23,24,25);1H. The summed E-state index contributed by atoms with van der Waals surface area (Å²) in [6, 6.07) is 5.20. The summed E-state index contributed by atoms with van der Waals surface area (Å²) in [6.45, 7) is 2.57. The molecule has 0 amide bonds. The fourth-order valence-electron chi connectivity index (χ4n) is 3.05. The summed E-state index contributed by atoms with van der Waals surface area (Å²) in [5, 5.41) is 7.55. The second-order valence-electron chi connectivity index (χ2n) is 6.49. The molecule has 2 unspecified atom stereocenters. The molecule has 1 aromatic rings. The second-order valence-corrected chi connectivity index (χ2v) is 7.33. The van der Waals surface area contributed by atoms with E-state index in [0.717, 1.165) is 12.0 Å². The predicted octanol–water partition coefficient (Wildman–Crippen LogP) is 4.72. The molecular weight excluding hydrogens is 515 g/mol. The van der Waals surface area contributed by atoms with Crippen molar-refractivity contribution in [3.63, 3.8) is 0 Å². The molecule has 154 valence electrons. The van der Waals surface area contributed by atoms with Gasteiger partial charge in [0, 0.05) is 30.2 Å². The molecule has 2 atom stereocenters. The van der Waals surface area contributed by atoms with Crippen LogP contribution in [0.4, 0.5) is 13.2 Å². The molecule has 2 rings (SSSR count). The van der Waals surface area contributed by atoms with Crippen LogP contribution in [0.3, 0.4) is 0 Å². The van der Waals surface area contributed by atoms with Crippen molar-refractivity contribution in [2.45, 2.75) is 25.6 Å². The van der Waals surface area contributed by atoms with Crippen LogP contribution in [-0.4, -0.2) is 50.3 Å². The van der Waals surface area contributed by atoms with Gasteiger partial charge in [0.15, 0.2) is 5.96 Å². The Kier molecular flexibility index (Phi) is 9.95. The van der Waals surface area contributed by atoms with E-state index in [9.17, 15) is 13.2 Å². The summed E-state index contributed by atoms with van der Waals surface area (Å²) in [7, 11) is 1.65. The zero-order valence-corrected chi connectivity index (χ0v) is 19.0. The van der Waals surface area contributed by atoms with Gasteiger partial charge in [0.2, 0.25) is 0 Å². The van der Waals surface area contributed by atoms with Crippen molar-refractivity contribution in [1.82, 2.24) is 15.5 Å². The van der Waals surface area contributed by atoms with Gasteiger partial charge in [-0.25, -0.2) is 0 Å². The van der Waals surface area contributed by atoms with Gasteiger partial charge in [0.25, 0.3) is 0 Å². The molecule has 1 aromatic carbocycles. The maximum absolute atomic E-state index is 12.5. The molecule has 0 aliphatic carbocycles. The van der Waals surface area contributed by atoms with E-state index in [-0.39, 0.29) is 35.9 Å². The van der Waals surface area contributed by atoms with E-state index >= 15 is 0 Å². The van der Waals surface area contributed by atoms with E-state index in [1.807, 2.05) is 13.0 Å². The summed E-state index contributed by atoms with van der Waals surface area (Å²) in [4.78, 5) is 5.61. The first-order chi connectivity index (χ1) is 12.2. The summed E-state index contributed by atoms with van der Waals surface area (Å²) in [5.74, 6) is 0.739. The highest BCUT2D eigenvalue weighted by Crippen LogP contribution is 2.26. The van der Waals surface area contributed by atoms with Gasteiger partial charge in [-0.3, -0.25) is 9.89 Å². The topological polar surface area (TPSA) is 39.7 Å². The molecule has 0 saturated carbocycles. The number of alkyl halides is 3. The maximum atomic E-state index is 12.5. The van der Waals surface area contributed by atoms with Gasteiger partial charge in [-0.15, -0.1) is 24.0 Å². The zero-order valence-electron chi connectivity index (χ0n) is 15.1.